The Hall–Kier alpha value is -3.53. The van der Waals surface area contributed by atoms with Crippen molar-refractivity contribution in [2.75, 3.05) is 19.5 Å². The summed E-state index contributed by atoms with van der Waals surface area (Å²) in [7, 11) is 3.15. The minimum absolute atomic E-state index is 0.225. The SMILES string of the molecule is COc1ccc(OC)c(NC(=O)C(=Cc2ccccc2)c2ccccc2)c1. The van der Waals surface area contributed by atoms with Crippen LogP contribution in [-0.2, 0) is 4.79 Å². The second-order valence-electron chi connectivity index (χ2n) is 5.86. The van der Waals surface area contributed by atoms with Crippen LogP contribution in [0.4, 0.5) is 5.69 Å². The van der Waals surface area contributed by atoms with Crippen LogP contribution in [0.5, 0.6) is 11.5 Å². The number of nitrogens with one attached hydrogen (secondary N) is 1. The van der Waals surface area contributed by atoms with Gasteiger partial charge >= 0.3 is 0 Å². The first kappa shape index (κ1) is 18.3. The third-order valence-corrected chi connectivity index (χ3v) is 4.09. The Labute approximate surface area is 159 Å². The van der Waals surface area contributed by atoms with Crippen molar-refractivity contribution >= 4 is 23.2 Å². The molecule has 0 aromatic heterocycles. The molecule has 4 heteroatoms. The van der Waals surface area contributed by atoms with Crippen LogP contribution >= 0.6 is 0 Å². The minimum atomic E-state index is -0.225. The molecule has 3 aromatic carbocycles. The summed E-state index contributed by atoms with van der Waals surface area (Å²) < 4.78 is 10.6. The molecule has 0 radical (unpaired) electrons. The number of carbonyl (C=O) groups is 1. The van der Waals surface area contributed by atoms with Crippen LogP contribution in [-0.4, -0.2) is 20.1 Å². The first-order chi connectivity index (χ1) is 13.2. The molecule has 0 atom stereocenters. The van der Waals surface area contributed by atoms with Gasteiger partial charge in [-0.05, 0) is 29.3 Å². The zero-order valence-corrected chi connectivity index (χ0v) is 15.3. The van der Waals surface area contributed by atoms with Gasteiger partial charge in [-0.15, -0.1) is 0 Å². The van der Waals surface area contributed by atoms with E-state index in [9.17, 15) is 4.79 Å². The number of hydrogen-bond acceptors (Lipinski definition) is 3. The van der Waals surface area contributed by atoms with Gasteiger partial charge in [-0.1, -0.05) is 60.7 Å². The summed E-state index contributed by atoms with van der Waals surface area (Å²) in [4.78, 5) is 13.1. The summed E-state index contributed by atoms with van der Waals surface area (Å²) >= 11 is 0. The normalized spacial score (nSPS) is 11.0. The van der Waals surface area contributed by atoms with Crippen molar-refractivity contribution in [2.45, 2.75) is 0 Å². The molecule has 0 bridgehead atoms. The highest BCUT2D eigenvalue weighted by Gasteiger charge is 2.15. The molecule has 4 nitrogen and oxygen atoms in total. The van der Waals surface area contributed by atoms with Crippen LogP contribution in [0, 0.1) is 0 Å². The molecule has 136 valence electrons. The number of anilines is 1. The molecule has 1 amide bonds. The monoisotopic (exact) mass is 359 g/mol. The average molecular weight is 359 g/mol. The standard InChI is InChI=1S/C23H21NO3/c1-26-19-13-14-22(27-2)21(16-19)24-23(25)20(18-11-7-4-8-12-18)15-17-9-5-3-6-10-17/h3-16H,1-2H3,(H,24,25). The quantitative estimate of drug-likeness (QED) is 0.504. The molecule has 0 saturated heterocycles. The smallest absolute Gasteiger partial charge is 0.256 e. The third-order valence-electron chi connectivity index (χ3n) is 4.09. The van der Waals surface area contributed by atoms with Crippen molar-refractivity contribution in [2.24, 2.45) is 0 Å². The Kier molecular flexibility index (Phi) is 5.90. The second kappa shape index (κ2) is 8.72. The molecular formula is C23H21NO3. The van der Waals surface area contributed by atoms with Gasteiger partial charge in [0.2, 0.25) is 0 Å². The highest BCUT2D eigenvalue weighted by atomic mass is 16.5. The second-order valence-corrected chi connectivity index (χ2v) is 5.86. The van der Waals surface area contributed by atoms with Gasteiger partial charge in [0, 0.05) is 11.6 Å². The maximum Gasteiger partial charge on any atom is 0.256 e. The van der Waals surface area contributed by atoms with Crippen molar-refractivity contribution in [3.63, 3.8) is 0 Å². The van der Waals surface area contributed by atoms with Crippen molar-refractivity contribution in [3.05, 3.63) is 90.0 Å². The first-order valence-corrected chi connectivity index (χ1v) is 8.57. The van der Waals surface area contributed by atoms with E-state index in [1.165, 1.54) is 0 Å². The van der Waals surface area contributed by atoms with Gasteiger partial charge in [0.05, 0.1) is 19.9 Å². The summed E-state index contributed by atoms with van der Waals surface area (Å²) in [5.74, 6) is 0.979. The van der Waals surface area contributed by atoms with Crippen molar-refractivity contribution in [1.29, 1.82) is 0 Å². The molecule has 0 saturated carbocycles. The molecular weight excluding hydrogens is 338 g/mol. The lowest BCUT2D eigenvalue weighted by molar-refractivity contribution is -0.111. The van der Waals surface area contributed by atoms with Crippen molar-refractivity contribution in [3.8, 4) is 11.5 Å². The number of amides is 1. The third kappa shape index (κ3) is 4.55. The van der Waals surface area contributed by atoms with Crippen molar-refractivity contribution < 1.29 is 14.3 Å². The Morgan fingerprint density at radius 3 is 2.15 bits per heavy atom. The van der Waals surface area contributed by atoms with E-state index in [1.807, 2.05) is 66.7 Å². The molecule has 0 heterocycles. The zero-order valence-electron chi connectivity index (χ0n) is 15.3. The van der Waals surface area contributed by atoms with E-state index in [4.69, 9.17) is 9.47 Å². The number of methoxy groups -OCH3 is 2. The molecule has 0 aliphatic carbocycles. The molecule has 27 heavy (non-hydrogen) atoms. The van der Waals surface area contributed by atoms with Crippen molar-refractivity contribution in [1.82, 2.24) is 0 Å². The summed E-state index contributed by atoms with van der Waals surface area (Å²) in [6.07, 6.45) is 1.87. The Bertz CT molecular complexity index is 934. The zero-order chi connectivity index (χ0) is 19.1. The van der Waals surface area contributed by atoms with E-state index in [0.29, 0.717) is 22.8 Å². The topological polar surface area (TPSA) is 47.6 Å². The maximum atomic E-state index is 13.1. The van der Waals surface area contributed by atoms with E-state index in [0.717, 1.165) is 11.1 Å². The molecule has 0 aliphatic heterocycles. The number of carbonyl (C=O) groups excluding carboxylic acids is 1. The molecule has 3 aromatic rings. The fraction of sp³-hybridized carbons (Fsp3) is 0.0870. The highest BCUT2D eigenvalue weighted by Crippen LogP contribution is 2.30. The predicted octanol–water partition coefficient (Wildman–Crippen LogP) is 4.88. The van der Waals surface area contributed by atoms with E-state index in [-0.39, 0.29) is 5.91 Å². The lowest BCUT2D eigenvalue weighted by Gasteiger charge is -2.14. The average Bonchev–Trinajstić information content (AvgIpc) is 2.73. The highest BCUT2D eigenvalue weighted by molar-refractivity contribution is 6.29. The lowest BCUT2D eigenvalue weighted by Crippen LogP contribution is -2.14. The van der Waals surface area contributed by atoms with Gasteiger partial charge in [-0.25, -0.2) is 0 Å². The molecule has 3 rings (SSSR count). The molecule has 0 fully saturated rings. The Morgan fingerprint density at radius 2 is 1.52 bits per heavy atom. The summed E-state index contributed by atoms with van der Waals surface area (Å²) in [6.45, 7) is 0. The number of rotatable bonds is 6. The minimum Gasteiger partial charge on any atom is -0.497 e. The van der Waals surface area contributed by atoms with Gasteiger partial charge in [0.25, 0.3) is 5.91 Å². The Balaban J connectivity index is 1.98. The van der Waals surface area contributed by atoms with E-state index < -0.39 is 0 Å². The summed E-state index contributed by atoms with van der Waals surface area (Å²) in [5, 5.41) is 2.94. The molecule has 0 unspecified atom stereocenters. The molecule has 0 aliphatic rings. The fourth-order valence-electron chi connectivity index (χ4n) is 2.72. The summed E-state index contributed by atoms with van der Waals surface area (Å²) in [6, 6.07) is 24.6. The van der Waals surface area contributed by atoms with Crippen LogP contribution < -0.4 is 14.8 Å². The van der Waals surface area contributed by atoms with Crippen LogP contribution in [0.15, 0.2) is 78.9 Å². The van der Waals surface area contributed by atoms with Gasteiger partial charge < -0.3 is 14.8 Å². The van der Waals surface area contributed by atoms with Crippen LogP contribution in [0.1, 0.15) is 11.1 Å². The van der Waals surface area contributed by atoms with Crippen LogP contribution in [0.2, 0.25) is 0 Å². The van der Waals surface area contributed by atoms with Crippen LogP contribution in [0.3, 0.4) is 0 Å². The largest absolute Gasteiger partial charge is 0.497 e. The lowest BCUT2D eigenvalue weighted by atomic mass is 10.0. The van der Waals surface area contributed by atoms with Gasteiger partial charge in [0.1, 0.15) is 11.5 Å². The van der Waals surface area contributed by atoms with Crippen LogP contribution in [0.25, 0.3) is 11.6 Å². The number of ether oxygens (including phenoxy) is 2. The van der Waals surface area contributed by atoms with Gasteiger partial charge in [-0.2, -0.15) is 0 Å². The molecule has 1 N–H and O–H groups in total. The van der Waals surface area contributed by atoms with E-state index >= 15 is 0 Å². The predicted molar refractivity (Wildman–Crippen MR) is 109 cm³/mol. The van der Waals surface area contributed by atoms with E-state index in [1.54, 1.807) is 32.4 Å². The Morgan fingerprint density at radius 1 is 0.852 bits per heavy atom. The molecule has 0 spiro atoms. The summed E-state index contributed by atoms with van der Waals surface area (Å²) in [5.41, 5.74) is 2.90. The maximum absolute atomic E-state index is 13.1. The number of benzene rings is 3. The van der Waals surface area contributed by atoms with Gasteiger partial charge in [0.15, 0.2) is 0 Å². The van der Waals surface area contributed by atoms with E-state index in [2.05, 4.69) is 5.32 Å². The number of hydrogen-bond donors (Lipinski definition) is 1. The van der Waals surface area contributed by atoms with Gasteiger partial charge in [-0.3, -0.25) is 4.79 Å². The fourth-order valence-corrected chi connectivity index (χ4v) is 2.72. The first-order valence-electron chi connectivity index (χ1n) is 8.57.